The number of benzene rings is 1. The molecule has 146 valence electrons. The number of ether oxygens (including phenoxy) is 1. The summed E-state index contributed by atoms with van der Waals surface area (Å²) < 4.78 is 5.46. The van der Waals surface area contributed by atoms with E-state index in [1.54, 1.807) is 18.2 Å². The second-order valence-corrected chi connectivity index (χ2v) is 6.74. The maximum absolute atomic E-state index is 12.2. The summed E-state index contributed by atoms with van der Waals surface area (Å²) in [4.78, 5) is 12.2. The third-order valence-electron chi connectivity index (χ3n) is 4.65. The van der Waals surface area contributed by atoms with Gasteiger partial charge in [0.15, 0.2) is 0 Å². The van der Waals surface area contributed by atoms with Crippen molar-refractivity contribution < 1.29 is 24.9 Å². The van der Waals surface area contributed by atoms with E-state index < -0.39 is 18.1 Å². The molecule has 3 N–H and O–H groups in total. The van der Waals surface area contributed by atoms with Crippen LogP contribution in [-0.4, -0.2) is 46.5 Å². The van der Waals surface area contributed by atoms with Crippen LogP contribution in [0.15, 0.2) is 42.5 Å². The number of aliphatic hydroxyl groups is 3. The minimum Gasteiger partial charge on any atom is -0.490 e. The lowest BCUT2D eigenvalue weighted by molar-refractivity contribution is -0.121. The highest BCUT2D eigenvalue weighted by Crippen LogP contribution is 2.32. The normalized spacial score (nSPS) is 23.2. The van der Waals surface area contributed by atoms with Gasteiger partial charge in [0.25, 0.3) is 0 Å². The average Bonchev–Trinajstić information content (AvgIpc) is 2.94. The van der Waals surface area contributed by atoms with E-state index in [1.165, 1.54) is 0 Å². The lowest BCUT2D eigenvalue weighted by Gasteiger charge is -2.15. The highest BCUT2D eigenvalue weighted by molar-refractivity contribution is 5.84. The monoisotopic (exact) mass is 372 g/mol. The molecule has 2 rings (SSSR count). The van der Waals surface area contributed by atoms with Gasteiger partial charge in [-0.2, -0.15) is 0 Å². The Bertz CT molecular complexity index is 658. The van der Waals surface area contributed by atoms with Gasteiger partial charge in [-0.3, -0.25) is 4.79 Å². The molecule has 0 unspecified atom stereocenters. The van der Waals surface area contributed by atoms with Gasteiger partial charge in [0.1, 0.15) is 24.2 Å². The number of carbonyl (C=O) groups is 1. The van der Waals surface area contributed by atoms with E-state index in [1.807, 2.05) is 24.3 Å². The number of para-hydroxylation sites is 1. The smallest absolute Gasteiger partial charge is 0.148 e. The molecule has 5 nitrogen and oxygen atoms in total. The molecule has 0 saturated heterocycles. The van der Waals surface area contributed by atoms with Crippen LogP contribution in [0.2, 0.25) is 0 Å². The summed E-state index contributed by atoms with van der Waals surface area (Å²) in [5.41, 5.74) is 0. The van der Waals surface area contributed by atoms with E-state index in [4.69, 9.17) is 9.84 Å². The van der Waals surface area contributed by atoms with Gasteiger partial charge in [0.05, 0.1) is 18.6 Å². The van der Waals surface area contributed by atoms with Crippen LogP contribution in [0.1, 0.15) is 32.1 Å². The summed E-state index contributed by atoms with van der Waals surface area (Å²) in [5.74, 6) is 5.62. The first-order valence-electron chi connectivity index (χ1n) is 9.45. The number of rotatable bonds is 9. The van der Waals surface area contributed by atoms with E-state index in [2.05, 4.69) is 11.8 Å². The Labute approximate surface area is 160 Å². The molecular weight excluding hydrogens is 344 g/mol. The number of carbonyl (C=O) groups excluding carboxylic acids is 1. The maximum Gasteiger partial charge on any atom is 0.148 e. The van der Waals surface area contributed by atoms with Crippen LogP contribution in [0, 0.1) is 23.7 Å². The number of ketones is 1. The first-order chi connectivity index (χ1) is 13.1. The molecule has 0 amide bonds. The standard InChI is InChI=1S/C22H28O5/c23-14-8-3-1-2-7-11-19-20(22(26)15-21(19)25)13-12-17(24)16-27-18-9-5-4-6-10-18/h3-6,8-10,17,19-20,22-24,26H,1-2,7,11,14-16H2/b8-3+/t17-,19-,20-,22-/m1/s1. The molecule has 1 aliphatic rings. The molecule has 5 heteroatoms. The number of aliphatic hydroxyl groups excluding tert-OH is 3. The SMILES string of the molecule is O=C1C[C@@H](O)[C@H](C#C[C@@H](O)COc2ccccc2)[C@H]1CCCC/C=C/CO. The molecule has 0 spiro atoms. The third kappa shape index (κ3) is 7.18. The number of Topliss-reactive ketones (excluding diaryl/α,β-unsaturated/α-hetero) is 1. The van der Waals surface area contributed by atoms with Crippen molar-refractivity contribution in [2.24, 2.45) is 11.8 Å². The molecule has 1 saturated carbocycles. The molecule has 0 aliphatic heterocycles. The van der Waals surface area contributed by atoms with Gasteiger partial charge in [-0.05, 0) is 31.4 Å². The van der Waals surface area contributed by atoms with Crippen LogP contribution in [0.4, 0.5) is 0 Å². The fraction of sp³-hybridized carbons (Fsp3) is 0.500. The van der Waals surface area contributed by atoms with Crippen molar-refractivity contribution in [2.75, 3.05) is 13.2 Å². The van der Waals surface area contributed by atoms with Crippen LogP contribution in [-0.2, 0) is 4.79 Å². The number of unbranched alkanes of at least 4 members (excludes halogenated alkanes) is 2. The predicted molar refractivity (Wildman–Crippen MR) is 103 cm³/mol. The summed E-state index contributed by atoms with van der Waals surface area (Å²) in [7, 11) is 0. The van der Waals surface area contributed by atoms with Gasteiger partial charge in [0, 0.05) is 12.3 Å². The van der Waals surface area contributed by atoms with Gasteiger partial charge >= 0.3 is 0 Å². The first kappa shape index (κ1) is 21.2. The minimum atomic E-state index is -0.975. The van der Waals surface area contributed by atoms with Crippen molar-refractivity contribution in [3.05, 3.63) is 42.5 Å². The topological polar surface area (TPSA) is 87.0 Å². The zero-order valence-electron chi connectivity index (χ0n) is 15.5. The van der Waals surface area contributed by atoms with Crippen LogP contribution in [0.5, 0.6) is 5.75 Å². The summed E-state index contributed by atoms with van der Waals surface area (Å²) in [6, 6.07) is 9.16. The number of hydrogen-bond donors (Lipinski definition) is 3. The summed E-state index contributed by atoms with van der Waals surface area (Å²) in [6.45, 7) is 0.0803. The molecular formula is C22H28O5. The molecule has 0 radical (unpaired) electrons. The zero-order chi connectivity index (χ0) is 19.5. The Balaban J connectivity index is 1.83. The van der Waals surface area contributed by atoms with Crippen molar-refractivity contribution >= 4 is 5.78 Å². The highest BCUT2D eigenvalue weighted by Gasteiger charge is 2.40. The Hall–Kier alpha value is -2.13. The predicted octanol–water partition coefficient (Wildman–Crippen LogP) is 2.10. The summed E-state index contributed by atoms with van der Waals surface area (Å²) in [5, 5.41) is 28.9. The first-order valence-corrected chi connectivity index (χ1v) is 9.45. The van der Waals surface area contributed by atoms with Gasteiger partial charge < -0.3 is 20.1 Å². The average molecular weight is 372 g/mol. The molecule has 4 atom stereocenters. The molecule has 0 bridgehead atoms. The van der Waals surface area contributed by atoms with Gasteiger partial charge in [-0.15, -0.1) is 0 Å². The molecule has 1 fully saturated rings. The Morgan fingerprint density at radius 1 is 1.22 bits per heavy atom. The summed E-state index contributed by atoms with van der Waals surface area (Å²) >= 11 is 0. The van der Waals surface area contributed by atoms with Crippen LogP contribution in [0.3, 0.4) is 0 Å². The Kier molecular flexibility index (Phi) is 9.06. The van der Waals surface area contributed by atoms with Crippen molar-refractivity contribution in [3.63, 3.8) is 0 Å². The van der Waals surface area contributed by atoms with E-state index in [0.29, 0.717) is 12.2 Å². The van der Waals surface area contributed by atoms with Gasteiger partial charge in [0.2, 0.25) is 0 Å². The number of hydrogen-bond acceptors (Lipinski definition) is 5. The maximum atomic E-state index is 12.2. The minimum absolute atomic E-state index is 0.0373. The fourth-order valence-corrected chi connectivity index (χ4v) is 3.24. The van der Waals surface area contributed by atoms with E-state index >= 15 is 0 Å². The highest BCUT2D eigenvalue weighted by atomic mass is 16.5. The molecule has 1 aliphatic carbocycles. The summed E-state index contributed by atoms with van der Waals surface area (Å²) in [6.07, 6.45) is 5.33. The Morgan fingerprint density at radius 3 is 2.74 bits per heavy atom. The van der Waals surface area contributed by atoms with E-state index in [-0.39, 0.29) is 31.3 Å². The third-order valence-corrected chi connectivity index (χ3v) is 4.65. The van der Waals surface area contributed by atoms with Crippen molar-refractivity contribution in [1.29, 1.82) is 0 Å². The van der Waals surface area contributed by atoms with Crippen LogP contribution in [0.25, 0.3) is 0 Å². The van der Waals surface area contributed by atoms with E-state index in [9.17, 15) is 15.0 Å². The second kappa shape index (κ2) is 11.6. The molecule has 0 heterocycles. The van der Waals surface area contributed by atoms with Crippen LogP contribution >= 0.6 is 0 Å². The second-order valence-electron chi connectivity index (χ2n) is 6.74. The molecule has 1 aromatic rings. The van der Waals surface area contributed by atoms with Crippen molar-refractivity contribution in [2.45, 2.75) is 44.3 Å². The van der Waals surface area contributed by atoms with Crippen molar-refractivity contribution in [3.8, 4) is 17.6 Å². The molecule has 1 aromatic carbocycles. The zero-order valence-corrected chi connectivity index (χ0v) is 15.5. The van der Waals surface area contributed by atoms with Crippen molar-refractivity contribution in [1.82, 2.24) is 0 Å². The quantitative estimate of drug-likeness (QED) is 0.351. The van der Waals surface area contributed by atoms with Gasteiger partial charge in [-0.25, -0.2) is 0 Å². The lowest BCUT2D eigenvalue weighted by atomic mass is 9.89. The fourth-order valence-electron chi connectivity index (χ4n) is 3.24. The number of allylic oxidation sites excluding steroid dienone is 1. The Morgan fingerprint density at radius 2 is 2.00 bits per heavy atom. The lowest BCUT2D eigenvalue weighted by Crippen LogP contribution is -2.21. The molecule has 27 heavy (non-hydrogen) atoms. The van der Waals surface area contributed by atoms with Crippen LogP contribution < -0.4 is 4.74 Å². The van der Waals surface area contributed by atoms with E-state index in [0.717, 1.165) is 19.3 Å². The largest absolute Gasteiger partial charge is 0.490 e. The molecule has 0 aromatic heterocycles. The van der Waals surface area contributed by atoms with Gasteiger partial charge in [-0.1, -0.05) is 48.6 Å².